The van der Waals surface area contributed by atoms with Crippen LogP contribution in [0.3, 0.4) is 0 Å². The van der Waals surface area contributed by atoms with E-state index in [4.69, 9.17) is 0 Å². The van der Waals surface area contributed by atoms with Crippen LogP contribution in [-0.2, 0) is 11.2 Å². The van der Waals surface area contributed by atoms with Gasteiger partial charge in [0.2, 0.25) is 0 Å². The molecule has 0 fully saturated rings. The van der Waals surface area contributed by atoms with Crippen molar-refractivity contribution in [3.05, 3.63) is 72.6 Å². The van der Waals surface area contributed by atoms with Crippen LogP contribution in [0.4, 0.5) is 0 Å². The van der Waals surface area contributed by atoms with Crippen molar-refractivity contribution in [3.8, 4) is 16.8 Å². The summed E-state index contributed by atoms with van der Waals surface area (Å²) in [6.07, 6.45) is 1.65. The average molecular weight is 300 g/mol. The molecule has 0 unspecified atom stereocenters. The zero-order chi connectivity index (χ0) is 14.7. The van der Waals surface area contributed by atoms with E-state index < -0.39 is 5.97 Å². The van der Waals surface area contributed by atoms with Crippen LogP contribution in [-0.4, -0.2) is 15.7 Å². The molecule has 0 radical (unpaired) electrons. The minimum Gasteiger partial charge on any atom is -0.550 e. The van der Waals surface area contributed by atoms with Gasteiger partial charge < -0.3 is 9.90 Å². The van der Waals surface area contributed by atoms with Crippen LogP contribution in [0, 0.1) is 0 Å². The van der Waals surface area contributed by atoms with Crippen molar-refractivity contribution in [1.29, 1.82) is 0 Å². The number of rotatable bonds is 4. The number of aliphatic carboxylic acids is 1. The van der Waals surface area contributed by atoms with Gasteiger partial charge in [-0.25, -0.2) is 4.68 Å². The number of hydrogen-bond acceptors (Lipinski definition) is 3. The molecule has 3 aromatic rings. The number of benzene rings is 2. The number of carbonyl (C=O) groups is 1. The Morgan fingerprint density at radius 1 is 1.00 bits per heavy atom. The van der Waals surface area contributed by atoms with Crippen LogP contribution < -0.4 is 34.7 Å². The van der Waals surface area contributed by atoms with Gasteiger partial charge in [0.15, 0.2) is 0 Å². The molecule has 1 heterocycles. The van der Waals surface area contributed by atoms with Gasteiger partial charge in [0.05, 0.1) is 11.4 Å². The van der Waals surface area contributed by atoms with Gasteiger partial charge in [-0.1, -0.05) is 48.5 Å². The molecular weight excluding hydrogens is 287 g/mol. The van der Waals surface area contributed by atoms with Crippen LogP contribution in [0.5, 0.6) is 0 Å². The molecule has 0 spiro atoms. The van der Waals surface area contributed by atoms with E-state index >= 15 is 0 Å². The van der Waals surface area contributed by atoms with E-state index in [0.29, 0.717) is 5.69 Å². The number of carbonyl (C=O) groups excluding carboxylic acids is 1. The molecule has 5 heteroatoms. The summed E-state index contributed by atoms with van der Waals surface area (Å²) < 4.78 is 1.70. The summed E-state index contributed by atoms with van der Waals surface area (Å²) in [4.78, 5) is 10.9. The number of carboxylic acid groups (broad SMARTS) is 1. The van der Waals surface area contributed by atoms with E-state index in [0.717, 1.165) is 16.8 Å². The van der Waals surface area contributed by atoms with Crippen LogP contribution in [0.2, 0.25) is 0 Å². The average Bonchev–Trinajstić information content (AvgIpc) is 2.92. The van der Waals surface area contributed by atoms with Gasteiger partial charge in [0, 0.05) is 24.2 Å². The normalized spacial score (nSPS) is 10.0. The van der Waals surface area contributed by atoms with Crippen molar-refractivity contribution < 1.29 is 39.5 Å². The zero-order valence-electron chi connectivity index (χ0n) is 12.3. The molecule has 0 N–H and O–H groups in total. The Morgan fingerprint density at radius 3 is 2.18 bits per heavy atom. The SMILES string of the molecule is O=C([O-])Cc1nn(-c2ccccc2)cc1-c1ccccc1.[Na+]. The number of aromatic nitrogens is 2. The third-order valence-corrected chi connectivity index (χ3v) is 3.21. The molecular formula is C17H13N2NaO2. The van der Waals surface area contributed by atoms with E-state index in [1.165, 1.54) is 0 Å². The van der Waals surface area contributed by atoms with Gasteiger partial charge in [0.1, 0.15) is 0 Å². The standard InChI is InChI=1S/C17H14N2O2.Na/c20-17(21)11-16-15(13-7-3-1-4-8-13)12-19(18-16)14-9-5-2-6-10-14;/h1-10,12H,11H2,(H,20,21);/q;+1/p-1. The summed E-state index contributed by atoms with van der Waals surface area (Å²) in [5.74, 6) is -1.13. The quantitative estimate of drug-likeness (QED) is 0.571. The summed E-state index contributed by atoms with van der Waals surface area (Å²) in [5.41, 5.74) is 3.14. The molecule has 0 aliphatic heterocycles. The summed E-state index contributed by atoms with van der Waals surface area (Å²) in [7, 11) is 0. The number of carboxylic acids is 1. The Bertz CT molecular complexity index is 755. The number of hydrogen-bond donors (Lipinski definition) is 0. The van der Waals surface area contributed by atoms with Crippen LogP contribution in [0.25, 0.3) is 16.8 Å². The third kappa shape index (κ3) is 3.65. The summed E-state index contributed by atoms with van der Waals surface area (Å²) in [6.45, 7) is 0. The smallest absolute Gasteiger partial charge is 0.550 e. The topological polar surface area (TPSA) is 57.9 Å². The van der Waals surface area contributed by atoms with Gasteiger partial charge in [-0.15, -0.1) is 0 Å². The van der Waals surface area contributed by atoms with Gasteiger partial charge in [-0.3, -0.25) is 0 Å². The Kier molecular flexibility index (Phi) is 5.55. The fourth-order valence-electron chi connectivity index (χ4n) is 2.25. The van der Waals surface area contributed by atoms with Crippen LogP contribution in [0.15, 0.2) is 66.9 Å². The molecule has 0 atom stereocenters. The first kappa shape index (κ1) is 16.5. The monoisotopic (exact) mass is 300 g/mol. The second kappa shape index (κ2) is 7.40. The molecule has 22 heavy (non-hydrogen) atoms. The molecule has 1 aromatic heterocycles. The van der Waals surface area contributed by atoms with Gasteiger partial charge >= 0.3 is 29.6 Å². The first-order valence-corrected chi connectivity index (χ1v) is 6.63. The minimum atomic E-state index is -1.13. The molecule has 104 valence electrons. The van der Waals surface area contributed by atoms with Crippen LogP contribution >= 0.6 is 0 Å². The van der Waals surface area contributed by atoms with E-state index in [-0.39, 0.29) is 36.0 Å². The van der Waals surface area contributed by atoms with Crippen molar-refractivity contribution in [2.24, 2.45) is 0 Å². The predicted molar refractivity (Wildman–Crippen MR) is 77.7 cm³/mol. The molecule has 4 nitrogen and oxygen atoms in total. The summed E-state index contributed by atoms with van der Waals surface area (Å²) in [6, 6.07) is 19.2. The van der Waals surface area contributed by atoms with Crippen molar-refractivity contribution in [3.63, 3.8) is 0 Å². The van der Waals surface area contributed by atoms with Gasteiger partial charge in [0.25, 0.3) is 0 Å². The summed E-state index contributed by atoms with van der Waals surface area (Å²) >= 11 is 0. The predicted octanol–water partition coefficient (Wildman–Crippen LogP) is -1.16. The van der Waals surface area contributed by atoms with E-state index in [1.807, 2.05) is 66.9 Å². The Labute approximate surface area is 150 Å². The number of nitrogens with zero attached hydrogens (tertiary/aromatic N) is 2. The van der Waals surface area contributed by atoms with Crippen molar-refractivity contribution >= 4 is 5.97 Å². The molecule has 0 bridgehead atoms. The Balaban J connectivity index is 0.00000176. The minimum absolute atomic E-state index is 0. The first-order valence-electron chi connectivity index (χ1n) is 6.63. The second-order valence-electron chi connectivity index (χ2n) is 4.68. The van der Waals surface area contributed by atoms with Crippen molar-refractivity contribution in [1.82, 2.24) is 9.78 Å². The molecule has 3 rings (SSSR count). The third-order valence-electron chi connectivity index (χ3n) is 3.21. The van der Waals surface area contributed by atoms with E-state index in [9.17, 15) is 9.90 Å². The maximum atomic E-state index is 10.9. The maximum absolute atomic E-state index is 10.9. The van der Waals surface area contributed by atoms with Gasteiger partial charge in [-0.2, -0.15) is 5.10 Å². The summed E-state index contributed by atoms with van der Waals surface area (Å²) in [5, 5.41) is 15.3. The van der Waals surface area contributed by atoms with Crippen molar-refractivity contribution in [2.75, 3.05) is 0 Å². The molecule has 0 aliphatic carbocycles. The fourth-order valence-corrected chi connectivity index (χ4v) is 2.25. The zero-order valence-corrected chi connectivity index (χ0v) is 14.3. The first-order chi connectivity index (χ1) is 10.2. The molecule has 0 aliphatic rings. The van der Waals surface area contributed by atoms with E-state index in [2.05, 4.69) is 5.10 Å². The fraction of sp³-hybridized carbons (Fsp3) is 0.0588. The largest absolute Gasteiger partial charge is 1.00 e. The Morgan fingerprint density at radius 2 is 1.59 bits per heavy atom. The van der Waals surface area contributed by atoms with Gasteiger partial charge in [-0.05, 0) is 17.7 Å². The molecule has 0 amide bonds. The molecule has 0 saturated heterocycles. The van der Waals surface area contributed by atoms with Crippen molar-refractivity contribution in [2.45, 2.75) is 6.42 Å². The number of para-hydroxylation sites is 1. The molecule has 0 saturated carbocycles. The second-order valence-corrected chi connectivity index (χ2v) is 4.68. The Hall–Kier alpha value is -1.88. The molecule has 2 aromatic carbocycles. The van der Waals surface area contributed by atoms with Crippen LogP contribution in [0.1, 0.15) is 5.69 Å². The maximum Gasteiger partial charge on any atom is 1.00 e. The van der Waals surface area contributed by atoms with E-state index in [1.54, 1.807) is 4.68 Å².